The molecule has 2 nitrogen and oxygen atoms in total. The number of hydrogen-bond acceptors (Lipinski definition) is 2. The van der Waals surface area contributed by atoms with E-state index in [9.17, 15) is 5.11 Å². The summed E-state index contributed by atoms with van der Waals surface area (Å²) in [6.45, 7) is 9.94. The molecule has 1 unspecified atom stereocenters. The van der Waals surface area contributed by atoms with Crippen LogP contribution in [0.4, 0.5) is 0 Å². The smallest absolute Gasteiger partial charge is 0.0529 e. The van der Waals surface area contributed by atoms with Crippen LogP contribution in [0.2, 0.25) is 0 Å². The maximum Gasteiger partial charge on any atom is 0.0529 e. The van der Waals surface area contributed by atoms with Crippen LogP contribution in [0.5, 0.6) is 0 Å². The summed E-state index contributed by atoms with van der Waals surface area (Å²) >= 11 is 0. The molecule has 1 aliphatic rings. The molecule has 2 heteroatoms. The Morgan fingerprint density at radius 3 is 2.61 bits per heavy atom. The van der Waals surface area contributed by atoms with E-state index < -0.39 is 0 Å². The molecule has 0 spiro atoms. The lowest BCUT2D eigenvalue weighted by molar-refractivity contribution is 0.111. The minimum atomic E-state index is -0.0785. The van der Waals surface area contributed by atoms with Crippen molar-refractivity contribution < 1.29 is 5.11 Å². The van der Waals surface area contributed by atoms with Crippen molar-refractivity contribution in [1.82, 2.24) is 5.32 Å². The summed E-state index contributed by atoms with van der Waals surface area (Å²) in [5.41, 5.74) is 3.92. The standard InChI is InChI=1S/C16H25NO/c1-12-5-6-13(2)14(9-12)16(11-18)7-8-17-15(3,4)10-16/h5-6,9,17-18H,7-8,10-11H2,1-4H3. The summed E-state index contributed by atoms with van der Waals surface area (Å²) in [6, 6.07) is 6.58. The van der Waals surface area contributed by atoms with Crippen molar-refractivity contribution in [2.45, 2.75) is 51.5 Å². The fourth-order valence-corrected chi connectivity index (χ4v) is 3.39. The summed E-state index contributed by atoms with van der Waals surface area (Å²) < 4.78 is 0. The molecule has 1 fully saturated rings. The summed E-state index contributed by atoms with van der Waals surface area (Å²) in [4.78, 5) is 0. The first-order valence-corrected chi connectivity index (χ1v) is 6.82. The van der Waals surface area contributed by atoms with Gasteiger partial charge in [-0.25, -0.2) is 0 Å². The maximum absolute atomic E-state index is 10.0. The number of aliphatic hydroxyl groups excluding tert-OH is 1. The van der Waals surface area contributed by atoms with Crippen molar-refractivity contribution in [1.29, 1.82) is 0 Å². The third-order valence-electron chi connectivity index (χ3n) is 4.25. The Morgan fingerprint density at radius 2 is 2.00 bits per heavy atom. The number of rotatable bonds is 2. The van der Waals surface area contributed by atoms with Gasteiger partial charge in [0.05, 0.1) is 6.61 Å². The predicted octanol–water partition coefficient (Wildman–Crippen LogP) is 2.70. The minimum absolute atomic E-state index is 0.0785. The third kappa shape index (κ3) is 2.45. The van der Waals surface area contributed by atoms with Gasteiger partial charge in [0.2, 0.25) is 0 Å². The van der Waals surface area contributed by atoms with Gasteiger partial charge in [-0.3, -0.25) is 0 Å². The highest BCUT2D eigenvalue weighted by atomic mass is 16.3. The van der Waals surface area contributed by atoms with Crippen molar-refractivity contribution in [3.8, 4) is 0 Å². The van der Waals surface area contributed by atoms with E-state index in [1.165, 1.54) is 16.7 Å². The van der Waals surface area contributed by atoms with Crippen LogP contribution in [0.15, 0.2) is 18.2 Å². The van der Waals surface area contributed by atoms with Crippen molar-refractivity contribution in [2.75, 3.05) is 13.2 Å². The van der Waals surface area contributed by atoms with Gasteiger partial charge >= 0.3 is 0 Å². The molecular weight excluding hydrogens is 222 g/mol. The zero-order chi connectivity index (χ0) is 13.4. The second-order valence-corrected chi connectivity index (χ2v) is 6.49. The van der Waals surface area contributed by atoms with Crippen LogP contribution in [0.3, 0.4) is 0 Å². The molecule has 0 aliphatic carbocycles. The lowest BCUT2D eigenvalue weighted by Gasteiger charge is -2.46. The highest BCUT2D eigenvalue weighted by Gasteiger charge is 2.41. The Bertz CT molecular complexity index is 439. The molecule has 1 atom stereocenters. The van der Waals surface area contributed by atoms with Crippen LogP contribution in [-0.2, 0) is 5.41 Å². The van der Waals surface area contributed by atoms with Crippen molar-refractivity contribution >= 4 is 0 Å². The Hall–Kier alpha value is -0.860. The number of piperidine rings is 1. The predicted molar refractivity (Wildman–Crippen MR) is 76.0 cm³/mol. The van der Waals surface area contributed by atoms with Crippen LogP contribution >= 0.6 is 0 Å². The average molecular weight is 247 g/mol. The molecule has 1 aromatic rings. The lowest BCUT2D eigenvalue weighted by Crippen LogP contribution is -2.54. The molecule has 2 N–H and O–H groups in total. The SMILES string of the molecule is Cc1ccc(C)c(C2(CO)CCNC(C)(C)C2)c1. The topological polar surface area (TPSA) is 32.3 Å². The number of aliphatic hydroxyl groups is 1. The molecule has 2 rings (SSSR count). The van der Waals surface area contributed by atoms with E-state index in [1.807, 2.05) is 0 Å². The normalized spacial score (nSPS) is 27.2. The zero-order valence-corrected chi connectivity index (χ0v) is 12.0. The van der Waals surface area contributed by atoms with Crippen LogP contribution in [0, 0.1) is 13.8 Å². The first kappa shape index (κ1) is 13.6. The zero-order valence-electron chi connectivity index (χ0n) is 12.0. The first-order chi connectivity index (χ1) is 8.38. The van der Waals surface area contributed by atoms with Gasteiger partial charge in [-0.15, -0.1) is 0 Å². The number of aryl methyl sites for hydroxylation is 2. The third-order valence-corrected chi connectivity index (χ3v) is 4.25. The highest BCUT2D eigenvalue weighted by molar-refractivity contribution is 5.38. The van der Waals surface area contributed by atoms with Gasteiger partial charge < -0.3 is 10.4 Å². The molecule has 100 valence electrons. The van der Waals surface area contributed by atoms with E-state index in [2.05, 4.69) is 51.2 Å². The summed E-state index contributed by atoms with van der Waals surface area (Å²) in [6.07, 6.45) is 2.00. The number of nitrogens with one attached hydrogen (secondary N) is 1. The monoisotopic (exact) mass is 247 g/mol. The maximum atomic E-state index is 10.0. The van der Waals surface area contributed by atoms with Gasteiger partial charge in [0, 0.05) is 11.0 Å². The van der Waals surface area contributed by atoms with E-state index in [1.54, 1.807) is 0 Å². The van der Waals surface area contributed by atoms with Gasteiger partial charge in [-0.1, -0.05) is 23.8 Å². The van der Waals surface area contributed by atoms with Gasteiger partial charge in [-0.05, 0) is 58.2 Å². The van der Waals surface area contributed by atoms with Crippen LogP contribution in [0.25, 0.3) is 0 Å². The van der Waals surface area contributed by atoms with Gasteiger partial charge in [-0.2, -0.15) is 0 Å². The molecule has 1 heterocycles. The van der Waals surface area contributed by atoms with Gasteiger partial charge in [0.15, 0.2) is 0 Å². The molecule has 1 saturated heterocycles. The van der Waals surface area contributed by atoms with Crippen LogP contribution in [-0.4, -0.2) is 23.8 Å². The van der Waals surface area contributed by atoms with E-state index in [4.69, 9.17) is 0 Å². The summed E-state index contributed by atoms with van der Waals surface area (Å²) in [5.74, 6) is 0. The molecule has 0 saturated carbocycles. The number of benzene rings is 1. The fourth-order valence-electron chi connectivity index (χ4n) is 3.39. The Morgan fingerprint density at radius 1 is 1.28 bits per heavy atom. The Kier molecular flexibility index (Phi) is 3.52. The van der Waals surface area contributed by atoms with Crippen molar-refractivity contribution in [2.24, 2.45) is 0 Å². The van der Waals surface area contributed by atoms with Gasteiger partial charge in [0.25, 0.3) is 0 Å². The van der Waals surface area contributed by atoms with Gasteiger partial charge in [0.1, 0.15) is 0 Å². The van der Waals surface area contributed by atoms with Crippen molar-refractivity contribution in [3.05, 3.63) is 34.9 Å². The molecule has 0 aromatic heterocycles. The highest BCUT2D eigenvalue weighted by Crippen LogP contribution is 2.40. The Balaban J connectivity index is 2.46. The van der Waals surface area contributed by atoms with Crippen LogP contribution < -0.4 is 5.32 Å². The molecule has 18 heavy (non-hydrogen) atoms. The largest absolute Gasteiger partial charge is 0.395 e. The molecule has 1 aliphatic heterocycles. The van der Waals surface area contributed by atoms with Crippen LogP contribution in [0.1, 0.15) is 43.4 Å². The second kappa shape index (κ2) is 4.67. The van der Waals surface area contributed by atoms with Crippen molar-refractivity contribution in [3.63, 3.8) is 0 Å². The average Bonchev–Trinajstić information content (AvgIpc) is 2.31. The van der Waals surface area contributed by atoms with E-state index in [0.29, 0.717) is 0 Å². The summed E-state index contributed by atoms with van der Waals surface area (Å²) in [5, 5.41) is 13.6. The summed E-state index contributed by atoms with van der Waals surface area (Å²) in [7, 11) is 0. The van der Waals surface area contributed by atoms with E-state index in [-0.39, 0.29) is 17.6 Å². The molecule has 1 aromatic carbocycles. The number of hydrogen-bond donors (Lipinski definition) is 2. The quantitative estimate of drug-likeness (QED) is 0.842. The van der Waals surface area contributed by atoms with E-state index in [0.717, 1.165) is 19.4 Å². The molecular formula is C16H25NO. The fraction of sp³-hybridized carbons (Fsp3) is 0.625. The minimum Gasteiger partial charge on any atom is -0.395 e. The van der Waals surface area contributed by atoms with E-state index >= 15 is 0 Å². The first-order valence-electron chi connectivity index (χ1n) is 6.82. The lowest BCUT2D eigenvalue weighted by atomic mass is 9.66. The second-order valence-electron chi connectivity index (χ2n) is 6.49. The molecule has 0 radical (unpaired) electrons. The molecule has 0 bridgehead atoms. The Labute approximate surface area is 110 Å². The molecule has 0 amide bonds.